The van der Waals surface area contributed by atoms with Gasteiger partial charge in [0.2, 0.25) is 15.8 Å². The summed E-state index contributed by atoms with van der Waals surface area (Å²) in [7, 11) is -4.09. The molecular formula is C26H34FN5O7S2. The molecule has 12 nitrogen and oxygen atoms in total. The van der Waals surface area contributed by atoms with E-state index < -0.39 is 44.4 Å². The Balaban J connectivity index is 1.33. The first kappa shape index (κ1) is 29.9. The van der Waals surface area contributed by atoms with Crippen LogP contribution in [0.1, 0.15) is 35.7 Å². The lowest BCUT2D eigenvalue weighted by Gasteiger charge is -2.38. The Kier molecular flexibility index (Phi) is 8.47. The molecule has 5 rings (SSSR count). The summed E-state index contributed by atoms with van der Waals surface area (Å²) in [6, 6.07) is 3.57. The van der Waals surface area contributed by atoms with Crippen molar-refractivity contribution in [2.75, 3.05) is 52.3 Å². The first-order chi connectivity index (χ1) is 19.4. The monoisotopic (exact) mass is 611 g/mol. The number of ether oxygens (including phenoxy) is 2. The van der Waals surface area contributed by atoms with Crippen LogP contribution >= 0.6 is 11.8 Å². The lowest BCUT2D eigenvalue weighted by molar-refractivity contribution is -0.0566. The number of amides is 1. The number of fused-ring (bicyclic) bond motifs is 1. The standard InChI is InChI=1S/C26H34FN5O7S2/c1-26(2)25-29-21(22(33)24(35)32(25)10-11-39-26)23(34)28-13-16-4-5-17(27)12-20(16)41(36,37)31-8-6-30(7-9-31)18-14-38-15-19(18)40-3/h4-5,12,18-19,33H,6-11,13-15H2,1-3H3,(H,28,34)/t18?,19-/m1/s1. The molecule has 0 bridgehead atoms. The number of piperazine rings is 1. The van der Waals surface area contributed by atoms with Gasteiger partial charge < -0.3 is 19.9 Å². The van der Waals surface area contributed by atoms with Crippen LogP contribution in [0.5, 0.6) is 5.75 Å². The lowest BCUT2D eigenvalue weighted by Crippen LogP contribution is -2.54. The third-order valence-corrected chi connectivity index (χ3v) is 10.8. The van der Waals surface area contributed by atoms with Crippen molar-refractivity contribution in [2.24, 2.45) is 0 Å². The fourth-order valence-electron chi connectivity index (χ4n) is 5.50. The molecule has 4 heterocycles. The number of hydrogen-bond donors (Lipinski definition) is 2. The highest BCUT2D eigenvalue weighted by Gasteiger charge is 2.38. The smallest absolute Gasteiger partial charge is 0.296 e. The van der Waals surface area contributed by atoms with Crippen LogP contribution in [-0.4, -0.2) is 102 Å². The van der Waals surface area contributed by atoms with Crippen LogP contribution in [0.15, 0.2) is 27.9 Å². The molecule has 2 saturated heterocycles. The van der Waals surface area contributed by atoms with Crippen molar-refractivity contribution in [2.45, 2.75) is 48.7 Å². The summed E-state index contributed by atoms with van der Waals surface area (Å²) in [4.78, 5) is 32.0. The molecule has 0 spiro atoms. The summed E-state index contributed by atoms with van der Waals surface area (Å²) in [5.74, 6) is -2.24. The van der Waals surface area contributed by atoms with E-state index in [2.05, 4.69) is 15.2 Å². The summed E-state index contributed by atoms with van der Waals surface area (Å²) >= 11 is 1.74. The van der Waals surface area contributed by atoms with Crippen LogP contribution in [-0.2, 0) is 38.2 Å². The van der Waals surface area contributed by atoms with Gasteiger partial charge in [-0.05, 0) is 37.8 Å². The SMILES string of the molecule is CS[C@@H]1COCC1N1CCN(S(=O)(=O)c2cc(F)ccc2CNC(=O)c2nc3n(c(=O)c2O)CCOC3(C)C)CC1. The van der Waals surface area contributed by atoms with Crippen LogP contribution in [0.25, 0.3) is 0 Å². The minimum Gasteiger partial charge on any atom is -0.501 e. The molecule has 2 atom stereocenters. The summed E-state index contributed by atoms with van der Waals surface area (Å²) < 4.78 is 55.5. The molecular weight excluding hydrogens is 577 g/mol. The van der Waals surface area contributed by atoms with Gasteiger partial charge in [-0.2, -0.15) is 16.1 Å². The van der Waals surface area contributed by atoms with Gasteiger partial charge in [-0.25, -0.2) is 17.8 Å². The Morgan fingerprint density at radius 3 is 2.66 bits per heavy atom. The third kappa shape index (κ3) is 5.75. The number of nitrogens with one attached hydrogen (secondary N) is 1. The molecule has 2 aromatic rings. The van der Waals surface area contributed by atoms with Crippen molar-refractivity contribution in [3.8, 4) is 5.75 Å². The second kappa shape index (κ2) is 11.6. The zero-order valence-corrected chi connectivity index (χ0v) is 24.8. The van der Waals surface area contributed by atoms with E-state index in [0.717, 1.165) is 12.1 Å². The van der Waals surface area contributed by atoms with Gasteiger partial charge in [0.15, 0.2) is 5.69 Å². The number of aromatic nitrogens is 2. The van der Waals surface area contributed by atoms with Crippen molar-refractivity contribution >= 4 is 27.7 Å². The zero-order valence-electron chi connectivity index (χ0n) is 23.1. The maximum Gasteiger partial charge on any atom is 0.296 e. The first-order valence-electron chi connectivity index (χ1n) is 13.3. The maximum atomic E-state index is 14.3. The molecule has 3 aliphatic rings. The molecule has 3 aliphatic heterocycles. The number of carbonyl (C=O) groups is 1. The summed E-state index contributed by atoms with van der Waals surface area (Å²) in [5.41, 5.74) is -2.08. The summed E-state index contributed by atoms with van der Waals surface area (Å²) in [6.45, 7) is 6.29. The zero-order chi connectivity index (χ0) is 29.5. The van der Waals surface area contributed by atoms with Crippen LogP contribution in [0.4, 0.5) is 4.39 Å². The Morgan fingerprint density at radius 2 is 1.95 bits per heavy atom. The van der Waals surface area contributed by atoms with Crippen LogP contribution in [0.2, 0.25) is 0 Å². The van der Waals surface area contributed by atoms with Crippen LogP contribution in [0.3, 0.4) is 0 Å². The van der Waals surface area contributed by atoms with Crippen molar-refractivity contribution < 1.29 is 32.2 Å². The molecule has 15 heteroatoms. The van der Waals surface area contributed by atoms with E-state index in [9.17, 15) is 27.5 Å². The first-order valence-corrected chi connectivity index (χ1v) is 16.1. The van der Waals surface area contributed by atoms with E-state index >= 15 is 0 Å². The number of nitrogens with zero attached hydrogens (tertiary/aromatic N) is 4. The Labute approximate surface area is 241 Å². The number of carbonyl (C=O) groups excluding carboxylic acids is 1. The van der Waals surface area contributed by atoms with Crippen LogP contribution < -0.4 is 10.9 Å². The Hall–Kier alpha value is -2.56. The van der Waals surface area contributed by atoms with Gasteiger partial charge in [0.1, 0.15) is 17.2 Å². The van der Waals surface area contributed by atoms with Crippen LogP contribution in [0, 0.1) is 5.82 Å². The van der Waals surface area contributed by atoms with Crippen molar-refractivity contribution in [1.82, 2.24) is 24.1 Å². The Bertz CT molecular complexity index is 1490. The highest BCUT2D eigenvalue weighted by atomic mass is 32.2. The van der Waals surface area contributed by atoms with Gasteiger partial charge in [0, 0.05) is 44.0 Å². The fraction of sp³-hybridized carbons (Fsp3) is 0.577. The lowest BCUT2D eigenvalue weighted by atomic mass is 10.1. The minimum atomic E-state index is -4.09. The molecule has 224 valence electrons. The van der Waals surface area contributed by atoms with E-state index in [-0.39, 0.29) is 55.1 Å². The summed E-state index contributed by atoms with van der Waals surface area (Å²) in [5, 5.41) is 13.3. The minimum absolute atomic E-state index is 0.159. The number of hydrogen-bond acceptors (Lipinski definition) is 10. The number of aromatic hydroxyl groups is 1. The summed E-state index contributed by atoms with van der Waals surface area (Å²) in [6.07, 6.45) is 2.04. The average Bonchev–Trinajstić information content (AvgIpc) is 3.43. The molecule has 0 radical (unpaired) electrons. The quantitative estimate of drug-likeness (QED) is 0.460. The van der Waals surface area contributed by atoms with E-state index in [1.807, 2.05) is 6.26 Å². The van der Waals surface area contributed by atoms with Crippen molar-refractivity contribution in [3.05, 3.63) is 51.5 Å². The molecule has 2 N–H and O–H groups in total. The van der Waals surface area contributed by atoms with E-state index in [1.54, 1.807) is 25.6 Å². The second-order valence-electron chi connectivity index (χ2n) is 10.7. The molecule has 0 saturated carbocycles. The molecule has 1 unspecified atom stereocenters. The topological polar surface area (TPSA) is 143 Å². The maximum absolute atomic E-state index is 14.3. The third-order valence-electron chi connectivity index (χ3n) is 7.81. The van der Waals surface area contributed by atoms with Crippen molar-refractivity contribution in [3.63, 3.8) is 0 Å². The van der Waals surface area contributed by atoms with E-state index in [0.29, 0.717) is 31.6 Å². The van der Waals surface area contributed by atoms with E-state index in [4.69, 9.17) is 9.47 Å². The predicted octanol–water partition coefficient (Wildman–Crippen LogP) is 0.720. The fourth-order valence-corrected chi connectivity index (χ4v) is 7.96. The highest BCUT2D eigenvalue weighted by Crippen LogP contribution is 2.29. The molecule has 1 amide bonds. The molecule has 1 aromatic heterocycles. The largest absolute Gasteiger partial charge is 0.501 e. The number of halogens is 1. The molecule has 41 heavy (non-hydrogen) atoms. The van der Waals surface area contributed by atoms with Crippen molar-refractivity contribution in [1.29, 1.82) is 0 Å². The van der Waals surface area contributed by atoms with Gasteiger partial charge in [0.05, 0.1) is 31.3 Å². The van der Waals surface area contributed by atoms with Gasteiger partial charge >= 0.3 is 0 Å². The number of rotatable bonds is 7. The number of benzene rings is 1. The molecule has 2 fully saturated rings. The van der Waals surface area contributed by atoms with Gasteiger partial charge in [-0.3, -0.25) is 19.1 Å². The van der Waals surface area contributed by atoms with E-state index in [1.165, 1.54) is 14.9 Å². The molecule has 0 aliphatic carbocycles. The normalized spacial score (nSPS) is 23.3. The molecule has 1 aromatic carbocycles. The Morgan fingerprint density at radius 1 is 1.22 bits per heavy atom. The van der Waals surface area contributed by atoms with Gasteiger partial charge in [-0.1, -0.05) is 6.07 Å². The van der Waals surface area contributed by atoms with Gasteiger partial charge in [-0.15, -0.1) is 0 Å². The van der Waals surface area contributed by atoms with Gasteiger partial charge in [0.25, 0.3) is 11.5 Å². The highest BCUT2D eigenvalue weighted by molar-refractivity contribution is 7.99. The average molecular weight is 612 g/mol. The number of sulfonamides is 1. The second-order valence-corrected chi connectivity index (χ2v) is 13.7. The number of thioether (sulfide) groups is 1. The predicted molar refractivity (Wildman–Crippen MR) is 149 cm³/mol.